The highest BCUT2D eigenvalue weighted by molar-refractivity contribution is 5.69. The minimum Gasteiger partial charge on any atom is -0.466 e. The van der Waals surface area contributed by atoms with Crippen LogP contribution in [0, 0.1) is 5.92 Å². The molecule has 0 amide bonds. The fourth-order valence-corrected chi connectivity index (χ4v) is 3.76. The van der Waals surface area contributed by atoms with E-state index in [0.717, 1.165) is 25.4 Å². The zero-order chi connectivity index (χ0) is 24.2. The molecule has 0 radical (unpaired) electrons. The number of esters is 1. The summed E-state index contributed by atoms with van der Waals surface area (Å²) >= 11 is 0. The summed E-state index contributed by atoms with van der Waals surface area (Å²) in [5.74, 6) is 0.759. The van der Waals surface area contributed by atoms with E-state index >= 15 is 0 Å². The highest BCUT2D eigenvalue weighted by Gasteiger charge is 2.03. The summed E-state index contributed by atoms with van der Waals surface area (Å²) in [5.41, 5.74) is 0. The van der Waals surface area contributed by atoms with E-state index in [4.69, 9.17) is 18.9 Å². The quantitative estimate of drug-likeness (QED) is 0.0915. The lowest BCUT2D eigenvalue weighted by molar-refractivity contribution is -0.144. The molecule has 0 saturated carbocycles. The van der Waals surface area contributed by atoms with Crippen LogP contribution < -0.4 is 0 Å². The van der Waals surface area contributed by atoms with Crippen molar-refractivity contribution < 1.29 is 23.7 Å². The van der Waals surface area contributed by atoms with E-state index in [1.54, 1.807) is 0 Å². The van der Waals surface area contributed by atoms with Crippen LogP contribution in [-0.4, -0.2) is 52.2 Å². The van der Waals surface area contributed by atoms with Crippen LogP contribution in [0.2, 0.25) is 0 Å². The lowest BCUT2D eigenvalue weighted by atomic mass is 10.0. The first-order valence-electron chi connectivity index (χ1n) is 14.1. The Labute approximate surface area is 205 Å². The number of unbranched alkanes of at least 4 members (excludes halogenated alkanes) is 12. The average Bonchev–Trinajstić information content (AvgIpc) is 2.79. The summed E-state index contributed by atoms with van der Waals surface area (Å²) in [6.07, 6.45) is 19.9. The van der Waals surface area contributed by atoms with Gasteiger partial charge in [0.2, 0.25) is 0 Å². The molecule has 0 unspecified atom stereocenters. The number of hydrogen-bond acceptors (Lipinski definition) is 5. The molecule has 0 aromatic carbocycles. The maximum absolute atomic E-state index is 11.7. The van der Waals surface area contributed by atoms with Gasteiger partial charge in [0.1, 0.15) is 0 Å². The molecular formula is C28H56O5. The molecule has 0 aliphatic heterocycles. The van der Waals surface area contributed by atoms with Crippen molar-refractivity contribution in [3.8, 4) is 0 Å². The molecular weight excluding hydrogens is 416 g/mol. The second kappa shape index (κ2) is 27.6. The van der Waals surface area contributed by atoms with E-state index in [2.05, 4.69) is 13.8 Å². The van der Waals surface area contributed by atoms with Gasteiger partial charge in [-0.3, -0.25) is 4.79 Å². The van der Waals surface area contributed by atoms with Gasteiger partial charge in [-0.2, -0.15) is 0 Å². The summed E-state index contributed by atoms with van der Waals surface area (Å²) in [7, 11) is 0. The van der Waals surface area contributed by atoms with Crippen LogP contribution in [0.25, 0.3) is 0 Å². The van der Waals surface area contributed by atoms with Gasteiger partial charge in [-0.1, -0.05) is 97.3 Å². The van der Waals surface area contributed by atoms with E-state index in [-0.39, 0.29) is 5.97 Å². The van der Waals surface area contributed by atoms with Crippen LogP contribution >= 0.6 is 0 Å². The zero-order valence-electron chi connectivity index (χ0n) is 22.4. The zero-order valence-corrected chi connectivity index (χ0v) is 22.4. The summed E-state index contributed by atoms with van der Waals surface area (Å²) < 4.78 is 21.3. The van der Waals surface area contributed by atoms with E-state index < -0.39 is 0 Å². The van der Waals surface area contributed by atoms with Crippen molar-refractivity contribution in [2.75, 3.05) is 46.2 Å². The van der Waals surface area contributed by atoms with Gasteiger partial charge >= 0.3 is 5.97 Å². The molecule has 5 heteroatoms. The molecule has 0 spiro atoms. The molecule has 0 aliphatic rings. The highest BCUT2D eigenvalue weighted by Crippen LogP contribution is 2.14. The Hall–Kier alpha value is -0.650. The topological polar surface area (TPSA) is 54.0 Å². The predicted molar refractivity (Wildman–Crippen MR) is 138 cm³/mol. The Morgan fingerprint density at radius 2 is 1.00 bits per heavy atom. The Bertz CT molecular complexity index is 386. The van der Waals surface area contributed by atoms with Crippen molar-refractivity contribution in [2.24, 2.45) is 5.92 Å². The lowest BCUT2D eigenvalue weighted by Crippen LogP contribution is -2.11. The van der Waals surface area contributed by atoms with Gasteiger partial charge in [-0.05, 0) is 25.7 Å². The SMILES string of the molecule is CCOCCOCCOCCCC(=O)OCCCCCCCCCCCCCCCC(C)C. The Morgan fingerprint density at radius 1 is 0.545 bits per heavy atom. The standard InChI is InChI=1S/C28H56O5/c1-4-30-23-24-32-26-25-31-21-18-20-28(29)33-22-17-15-13-11-9-7-5-6-8-10-12-14-16-19-27(2)3/h27H,4-26H2,1-3H3. The van der Waals surface area contributed by atoms with Crippen molar-refractivity contribution in [1.29, 1.82) is 0 Å². The lowest BCUT2D eigenvalue weighted by Gasteiger charge is -2.07. The third-order valence-corrected chi connectivity index (χ3v) is 5.81. The molecule has 5 nitrogen and oxygen atoms in total. The summed E-state index contributed by atoms with van der Waals surface area (Å²) in [4.78, 5) is 11.7. The Morgan fingerprint density at radius 3 is 1.52 bits per heavy atom. The normalized spacial score (nSPS) is 11.4. The molecule has 0 aromatic rings. The van der Waals surface area contributed by atoms with Gasteiger partial charge in [-0.15, -0.1) is 0 Å². The van der Waals surface area contributed by atoms with Crippen LogP contribution in [0.4, 0.5) is 0 Å². The maximum Gasteiger partial charge on any atom is 0.305 e. The second-order valence-electron chi connectivity index (χ2n) is 9.52. The highest BCUT2D eigenvalue weighted by atomic mass is 16.5. The van der Waals surface area contributed by atoms with Crippen molar-refractivity contribution in [1.82, 2.24) is 0 Å². The van der Waals surface area contributed by atoms with Gasteiger partial charge in [0.05, 0.1) is 33.0 Å². The third kappa shape index (κ3) is 29.3. The molecule has 0 saturated heterocycles. The molecule has 198 valence electrons. The second-order valence-corrected chi connectivity index (χ2v) is 9.52. The van der Waals surface area contributed by atoms with Crippen molar-refractivity contribution >= 4 is 5.97 Å². The first kappa shape index (κ1) is 32.4. The van der Waals surface area contributed by atoms with Crippen LogP contribution in [0.15, 0.2) is 0 Å². The van der Waals surface area contributed by atoms with Crippen molar-refractivity contribution in [3.63, 3.8) is 0 Å². The molecule has 33 heavy (non-hydrogen) atoms. The van der Waals surface area contributed by atoms with Gasteiger partial charge in [0.15, 0.2) is 0 Å². The molecule has 0 aliphatic carbocycles. The summed E-state index contributed by atoms with van der Waals surface area (Å²) in [6, 6.07) is 0. The summed E-state index contributed by atoms with van der Waals surface area (Å²) in [5, 5.41) is 0. The molecule has 0 bridgehead atoms. The van der Waals surface area contributed by atoms with Crippen LogP contribution in [0.1, 0.15) is 124 Å². The number of carbonyl (C=O) groups is 1. The molecule has 0 aromatic heterocycles. The first-order valence-corrected chi connectivity index (χ1v) is 14.1. The van der Waals surface area contributed by atoms with Crippen LogP contribution in [0.5, 0.6) is 0 Å². The van der Waals surface area contributed by atoms with Crippen molar-refractivity contribution in [2.45, 2.75) is 124 Å². The molecule has 0 rings (SSSR count). The minimum absolute atomic E-state index is 0.105. The largest absolute Gasteiger partial charge is 0.466 e. The Balaban J connectivity index is 3.14. The van der Waals surface area contributed by atoms with E-state index in [0.29, 0.717) is 52.5 Å². The molecule has 0 fully saturated rings. The first-order chi connectivity index (χ1) is 16.2. The van der Waals surface area contributed by atoms with Gasteiger partial charge < -0.3 is 18.9 Å². The third-order valence-electron chi connectivity index (χ3n) is 5.81. The fourth-order valence-electron chi connectivity index (χ4n) is 3.76. The summed E-state index contributed by atoms with van der Waals surface area (Å²) in [6.45, 7) is 10.8. The number of ether oxygens (including phenoxy) is 4. The van der Waals surface area contributed by atoms with Gasteiger partial charge in [0.25, 0.3) is 0 Å². The minimum atomic E-state index is -0.105. The fraction of sp³-hybridized carbons (Fsp3) is 0.964. The number of carbonyl (C=O) groups excluding carboxylic acids is 1. The predicted octanol–water partition coefficient (Wildman–Crippen LogP) is 7.50. The average molecular weight is 473 g/mol. The van der Waals surface area contributed by atoms with Gasteiger partial charge in [0, 0.05) is 19.6 Å². The van der Waals surface area contributed by atoms with E-state index in [9.17, 15) is 4.79 Å². The molecule has 0 heterocycles. The molecule has 0 atom stereocenters. The Kier molecular flexibility index (Phi) is 27.0. The van der Waals surface area contributed by atoms with E-state index in [1.165, 1.54) is 77.0 Å². The number of rotatable bonds is 27. The van der Waals surface area contributed by atoms with Crippen molar-refractivity contribution in [3.05, 3.63) is 0 Å². The van der Waals surface area contributed by atoms with Crippen LogP contribution in [-0.2, 0) is 23.7 Å². The van der Waals surface area contributed by atoms with Crippen LogP contribution in [0.3, 0.4) is 0 Å². The number of hydrogen-bond donors (Lipinski definition) is 0. The smallest absolute Gasteiger partial charge is 0.305 e. The molecule has 0 N–H and O–H groups in total. The monoisotopic (exact) mass is 472 g/mol. The maximum atomic E-state index is 11.7. The van der Waals surface area contributed by atoms with Gasteiger partial charge in [-0.25, -0.2) is 0 Å². The van der Waals surface area contributed by atoms with E-state index in [1.807, 2.05) is 6.92 Å².